The molecular weight excluding hydrogens is 242 g/mol. The van der Waals surface area contributed by atoms with Crippen LogP contribution in [-0.4, -0.2) is 36.9 Å². The van der Waals surface area contributed by atoms with Gasteiger partial charge in [0.25, 0.3) is 0 Å². The van der Waals surface area contributed by atoms with E-state index in [9.17, 15) is 9.90 Å². The summed E-state index contributed by atoms with van der Waals surface area (Å²) in [5.41, 5.74) is 0.948. The zero-order chi connectivity index (χ0) is 12.4. The van der Waals surface area contributed by atoms with Crippen LogP contribution in [-0.2, 0) is 4.74 Å². The lowest BCUT2D eigenvalue weighted by atomic mass is 10.1. The maximum atomic E-state index is 11.2. The van der Waals surface area contributed by atoms with Crippen molar-refractivity contribution in [3.63, 3.8) is 0 Å². The van der Waals surface area contributed by atoms with Crippen LogP contribution in [0.3, 0.4) is 0 Å². The number of hydrogen-bond donors (Lipinski definition) is 1. The first-order valence-corrected chi connectivity index (χ1v) is 5.85. The summed E-state index contributed by atoms with van der Waals surface area (Å²) in [7, 11) is 0. The lowest BCUT2D eigenvalue weighted by Crippen LogP contribution is -2.41. The van der Waals surface area contributed by atoms with E-state index in [-0.39, 0.29) is 11.7 Å². The summed E-state index contributed by atoms with van der Waals surface area (Å²) in [5.74, 6) is -0.957. The van der Waals surface area contributed by atoms with Crippen molar-refractivity contribution < 1.29 is 14.6 Å². The number of rotatable bonds is 2. The van der Waals surface area contributed by atoms with E-state index in [4.69, 9.17) is 16.3 Å². The molecule has 4 nitrogen and oxygen atoms in total. The number of anilines is 1. The third-order valence-electron chi connectivity index (χ3n) is 2.77. The van der Waals surface area contributed by atoms with Crippen LogP contribution in [0.15, 0.2) is 18.2 Å². The van der Waals surface area contributed by atoms with Gasteiger partial charge in [0.05, 0.1) is 24.0 Å². The minimum atomic E-state index is -0.957. The van der Waals surface area contributed by atoms with E-state index in [1.165, 1.54) is 6.07 Å². The van der Waals surface area contributed by atoms with Crippen molar-refractivity contribution in [2.24, 2.45) is 0 Å². The van der Waals surface area contributed by atoms with Crippen molar-refractivity contribution >= 4 is 23.3 Å². The van der Waals surface area contributed by atoms with E-state index in [1.54, 1.807) is 12.1 Å². The lowest BCUT2D eigenvalue weighted by Gasteiger charge is -2.33. The van der Waals surface area contributed by atoms with Crippen molar-refractivity contribution in [2.75, 3.05) is 24.6 Å². The van der Waals surface area contributed by atoms with Crippen molar-refractivity contribution in [1.29, 1.82) is 0 Å². The van der Waals surface area contributed by atoms with Crippen LogP contribution in [0.5, 0.6) is 0 Å². The van der Waals surface area contributed by atoms with Gasteiger partial charge in [0.2, 0.25) is 0 Å². The second-order valence-corrected chi connectivity index (χ2v) is 4.53. The molecule has 1 fully saturated rings. The first-order valence-electron chi connectivity index (χ1n) is 5.47. The maximum Gasteiger partial charge on any atom is 0.337 e. The molecule has 0 aromatic heterocycles. The molecule has 2 rings (SSSR count). The topological polar surface area (TPSA) is 49.8 Å². The molecule has 1 saturated heterocycles. The molecular formula is C12H14ClNO3. The number of ether oxygens (including phenoxy) is 1. The monoisotopic (exact) mass is 255 g/mol. The molecule has 1 atom stereocenters. The van der Waals surface area contributed by atoms with E-state index in [2.05, 4.69) is 0 Å². The van der Waals surface area contributed by atoms with Gasteiger partial charge in [-0.05, 0) is 25.1 Å². The Balaban J connectivity index is 2.33. The second kappa shape index (κ2) is 4.94. The number of carbonyl (C=O) groups is 1. The molecule has 17 heavy (non-hydrogen) atoms. The van der Waals surface area contributed by atoms with Gasteiger partial charge in [-0.25, -0.2) is 4.79 Å². The van der Waals surface area contributed by atoms with Gasteiger partial charge in [0.1, 0.15) is 0 Å². The number of morpholine rings is 1. The molecule has 1 heterocycles. The standard InChI is InChI=1S/C12H14ClNO3/c1-8-7-14(4-5-17-8)11-3-2-9(13)6-10(11)12(15)16/h2-3,6,8H,4-5,7H2,1H3,(H,15,16). The highest BCUT2D eigenvalue weighted by Gasteiger charge is 2.21. The van der Waals surface area contributed by atoms with Crippen LogP contribution >= 0.6 is 11.6 Å². The molecule has 92 valence electrons. The number of benzene rings is 1. The van der Waals surface area contributed by atoms with Crippen LogP contribution in [0.4, 0.5) is 5.69 Å². The van der Waals surface area contributed by atoms with Crippen LogP contribution in [0, 0.1) is 0 Å². The molecule has 0 aliphatic carbocycles. The van der Waals surface area contributed by atoms with Gasteiger partial charge >= 0.3 is 5.97 Å². The van der Waals surface area contributed by atoms with Crippen LogP contribution in [0.25, 0.3) is 0 Å². The molecule has 1 N–H and O–H groups in total. The Bertz CT molecular complexity index is 436. The lowest BCUT2D eigenvalue weighted by molar-refractivity contribution is 0.0528. The first kappa shape index (κ1) is 12.2. The SMILES string of the molecule is CC1CN(c2ccc(Cl)cc2C(=O)O)CCO1. The Morgan fingerprint density at radius 2 is 2.35 bits per heavy atom. The number of halogens is 1. The number of carboxylic acids is 1. The summed E-state index contributed by atoms with van der Waals surface area (Å²) < 4.78 is 5.44. The third kappa shape index (κ3) is 2.70. The van der Waals surface area contributed by atoms with Gasteiger partial charge in [-0.2, -0.15) is 0 Å². The minimum absolute atomic E-state index is 0.112. The van der Waals surface area contributed by atoms with Crippen LogP contribution < -0.4 is 4.90 Å². The molecule has 0 radical (unpaired) electrons. The summed E-state index contributed by atoms with van der Waals surface area (Å²) in [6.45, 7) is 3.99. The number of hydrogen-bond acceptors (Lipinski definition) is 3. The Labute approximate surface area is 105 Å². The van der Waals surface area contributed by atoms with Gasteiger partial charge in [-0.3, -0.25) is 0 Å². The summed E-state index contributed by atoms with van der Waals surface area (Å²) in [6.07, 6.45) is 0.112. The molecule has 0 amide bonds. The van der Waals surface area contributed by atoms with Gasteiger partial charge in [0.15, 0.2) is 0 Å². The normalized spacial score (nSPS) is 20.4. The largest absolute Gasteiger partial charge is 0.478 e. The predicted molar refractivity (Wildman–Crippen MR) is 66.0 cm³/mol. The summed E-state index contributed by atoms with van der Waals surface area (Å²) in [5, 5.41) is 9.61. The van der Waals surface area contributed by atoms with E-state index < -0.39 is 5.97 Å². The molecule has 1 aromatic rings. The van der Waals surface area contributed by atoms with Crippen molar-refractivity contribution in [3.8, 4) is 0 Å². The molecule has 1 unspecified atom stereocenters. The molecule has 0 saturated carbocycles. The Hall–Kier alpha value is -1.26. The van der Waals surface area contributed by atoms with E-state index in [0.29, 0.717) is 30.4 Å². The maximum absolute atomic E-state index is 11.2. The van der Waals surface area contributed by atoms with Crippen LogP contribution in [0.2, 0.25) is 5.02 Å². The average molecular weight is 256 g/mol. The minimum Gasteiger partial charge on any atom is -0.478 e. The van der Waals surface area contributed by atoms with Gasteiger partial charge in [-0.1, -0.05) is 11.6 Å². The smallest absolute Gasteiger partial charge is 0.337 e. The highest BCUT2D eigenvalue weighted by atomic mass is 35.5. The van der Waals surface area contributed by atoms with E-state index in [0.717, 1.165) is 0 Å². The highest BCUT2D eigenvalue weighted by Crippen LogP contribution is 2.26. The van der Waals surface area contributed by atoms with Crippen LogP contribution in [0.1, 0.15) is 17.3 Å². The highest BCUT2D eigenvalue weighted by molar-refractivity contribution is 6.31. The Morgan fingerprint density at radius 1 is 1.59 bits per heavy atom. The Kier molecular flexibility index (Phi) is 3.54. The van der Waals surface area contributed by atoms with E-state index >= 15 is 0 Å². The molecule has 5 heteroatoms. The van der Waals surface area contributed by atoms with Crippen molar-refractivity contribution in [2.45, 2.75) is 13.0 Å². The van der Waals surface area contributed by atoms with E-state index in [1.807, 2.05) is 11.8 Å². The first-order chi connectivity index (χ1) is 8.08. The van der Waals surface area contributed by atoms with Gasteiger partial charge in [0, 0.05) is 18.1 Å². The average Bonchev–Trinajstić information content (AvgIpc) is 2.28. The Morgan fingerprint density at radius 3 is 3.00 bits per heavy atom. The number of aromatic carboxylic acids is 1. The number of nitrogens with zero attached hydrogens (tertiary/aromatic N) is 1. The third-order valence-corrected chi connectivity index (χ3v) is 3.01. The fraction of sp³-hybridized carbons (Fsp3) is 0.417. The zero-order valence-corrected chi connectivity index (χ0v) is 10.3. The fourth-order valence-electron chi connectivity index (χ4n) is 1.99. The number of carboxylic acid groups (broad SMARTS) is 1. The second-order valence-electron chi connectivity index (χ2n) is 4.09. The molecule has 1 aliphatic heterocycles. The molecule has 0 spiro atoms. The quantitative estimate of drug-likeness (QED) is 0.881. The zero-order valence-electron chi connectivity index (χ0n) is 9.52. The molecule has 0 bridgehead atoms. The fourth-order valence-corrected chi connectivity index (χ4v) is 2.16. The van der Waals surface area contributed by atoms with Gasteiger partial charge in [-0.15, -0.1) is 0 Å². The summed E-state index contributed by atoms with van der Waals surface area (Å²) in [6, 6.07) is 4.95. The molecule has 1 aliphatic rings. The van der Waals surface area contributed by atoms with Gasteiger partial charge < -0.3 is 14.7 Å². The van der Waals surface area contributed by atoms with Crippen molar-refractivity contribution in [3.05, 3.63) is 28.8 Å². The summed E-state index contributed by atoms with van der Waals surface area (Å²) in [4.78, 5) is 13.2. The molecule has 1 aromatic carbocycles. The van der Waals surface area contributed by atoms with Crippen molar-refractivity contribution in [1.82, 2.24) is 0 Å². The predicted octanol–water partition coefficient (Wildman–Crippen LogP) is 2.26. The summed E-state index contributed by atoms with van der Waals surface area (Å²) >= 11 is 5.82.